The third kappa shape index (κ3) is 6.11. The zero-order chi connectivity index (χ0) is 21.6. The molecule has 1 unspecified atom stereocenters. The number of amides is 1. The number of halogens is 1. The highest BCUT2D eigenvalue weighted by atomic mass is 127. The van der Waals surface area contributed by atoms with E-state index in [0.29, 0.717) is 25.5 Å². The van der Waals surface area contributed by atoms with Gasteiger partial charge in [-0.1, -0.05) is 31.2 Å². The highest BCUT2D eigenvalue weighted by molar-refractivity contribution is 14.0. The molecule has 0 bridgehead atoms. The molecule has 1 aromatic carbocycles. The molecule has 7 nitrogen and oxygen atoms in total. The summed E-state index contributed by atoms with van der Waals surface area (Å²) < 4.78 is 0. The minimum atomic E-state index is 0. The molecule has 2 aliphatic rings. The second-order valence-corrected chi connectivity index (χ2v) is 8.51. The van der Waals surface area contributed by atoms with Crippen LogP contribution in [-0.4, -0.2) is 49.6 Å². The fourth-order valence-electron chi connectivity index (χ4n) is 4.18. The molecule has 0 aliphatic carbocycles. The van der Waals surface area contributed by atoms with Crippen molar-refractivity contribution in [3.8, 4) is 0 Å². The first-order valence-corrected chi connectivity index (χ1v) is 11.1. The van der Waals surface area contributed by atoms with Crippen LogP contribution >= 0.6 is 24.0 Å². The summed E-state index contributed by atoms with van der Waals surface area (Å²) in [7, 11) is 1.75. The van der Waals surface area contributed by atoms with Crippen LogP contribution in [0.3, 0.4) is 0 Å². The Morgan fingerprint density at radius 2 is 1.91 bits per heavy atom. The predicted molar refractivity (Wildman–Crippen MR) is 141 cm³/mol. The molecule has 0 saturated carbocycles. The summed E-state index contributed by atoms with van der Waals surface area (Å²) in [6.07, 6.45) is 4.86. The van der Waals surface area contributed by atoms with E-state index in [1.54, 1.807) is 7.05 Å². The largest absolute Gasteiger partial charge is 0.357 e. The van der Waals surface area contributed by atoms with Crippen molar-refractivity contribution in [1.29, 1.82) is 0 Å². The van der Waals surface area contributed by atoms with Gasteiger partial charge in [0.2, 0.25) is 5.91 Å². The number of aliphatic imine (C=N–C) groups is 1. The van der Waals surface area contributed by atoms with Crippen molar-refractivity contribution in [3.63, 3.8) is 0 Å². The van der Waals surface area contributed by atoms with E-state index >= 15 is 0 Å². The summed E-state index contributed by atoms with van der Waals surface area (Å²) in [6.45, 7) is 5.76. The maximum atomic E-state index is 12.4. The van der Waals surface area contributed by atoms with Crippen molar-refractivity contribution in [3.05, 3.63) is 54.2 Å². The van der Waals surface area contributed by atoms with Crippen LogP contribution in [0.5, 0.6) is 0 Å². The lowest BCUT2D eigenvalue weighted by molar-refractivity contribution is -0.117. The molecule has 1 amide bonds. The number of rotatable bonds is 5. The maximum Gasteiger partial charge on any atom is 0.229 e. The number of carbonyl (C=O) groups excluding carboxylic acids is 1. The highest BCUT2D eigenvalue weighted by Crippen LogP contribution is 2.22. The normalized spacial score (nSPS) is 19.6. The highest BCUT2D eigenvalue weighted by Gasteiger charge is 2.31. The third-order valence-corrected chi connectivity index (χ3v) is 6.13. The number of hydrogen-bond acceptors (Lipinski definition) is 4. The Labute approximate surface area is 207 Å². The van der Waals surface area contributed by atoms with Crippen molar-refractivity contribution in [2.24, 2.45) is 10.9 Å². The third-order valence-electron chi connectivity index (χ3n) is 6.13. The summed E-state index contributed by atoms with van der Waals surface area (Å²) in [4.78, 5) is 25.6. The molecule has 8 heteroatoms. The minimum absolute atomic E-state index is 0. The lowest BCUT2D eigenvalue weighted by atomic mass is 9.99. The molecule has 0 spiro atoms. The second-order valence-electron chi connectivity index (χ2n) is 8.51. The molecule has 1 aromatic heterocycles. The number of hydrogen-bond donors (Lipinski definition) is 2. The molecule has 32 heavy (non-hydrogen) atoms. The fourth-order valence-corrected chi connectivity index (χ4v) is 4.18. The van der Waals surface area contributed by atoms with Crippen LogP contribution in [0.1, 0.15) is 31.7 Å². The zero-order valence-corrected chi connectivity index (χ0v) is 21.2. The van der Waals surface area contributed by atoms with Gasteiger partial charge in [-0.3, -0.25) is 9.79 Å². The second kappa shape index (κ2) is 11.5. The van der Waals surface area contributed by atoms with Crippen LogP contribution in [0.15, 0.2) is 53.7 Å². The number of para-hydroxylation sites is 1. The van der Waals surface area contributed by atoms with Gasteiger partial charge < -0.3 is 20.4 Å². The van der Waals surface area contributed by atoms with Crippen molar-refractivity contribution in [2.75, 3.05) is 36.5 Å². The van der Waals surface area contributed by atoms with Gasteiger partial charge in [0.15, 0.2) is 5.96 Å². The van der Waals surface area contributed by atoms with Gasteiger partial charge in [0.25, 0.3) is 0 Å². The lowest BCUT2D eigenvalue weighted by Crippen LogP contribution is -2.44. The number of nitrogens with one attached hydrogen (secondary N) is 2. The summed E-state index contributed by atoms with van der Waals surface area (Å²) in [6, 6.07) is 14.1. The summed E-state index contributed by atoms with van der Waals surface area (Å²) >= 11 is 0. The number of pyridine rings is 1. The van der Waals surface area contributed by atoms with E-state index in [1.165, 1.54) is 12.8 Å². The Balaban J connectivity index is 0.00000289. The fraction of sp³-hybridized carbons (Fsp3) is 0.458. The summed E-state index contributed by atoms with van der Waals surface area (Å²) in [5, 5.41) is 6.72. The molecular weight excluding hydrogens is 515 g/mol. The number of benzene rings is 1. The molecule has 2 aliphatic heterocycles. The number of carbonyl (C=O) groups is 1. The Kier molecular flexibility index (Phi) is 8.72. The average Bonchev–Trinajstić information content (AvgIpc) is 3.18. The van der Waals surface area contributed by atoms with E-state index in [0.717, 1.165) is 36.1 Å². The Hall–Kier alpha value is -2.36. The van der Waals surface area contributed by atoms with Gasteiger partial charge in [0, 0.05) is 51.5 Å². The monoisotopic (exact) mass is 548 g/mol. The van der Waals surface area contributed by atoms with Gasteiger partial charge in [-0.2, -0.15) is 0 Å². The standard InChI is InChI=1S/C24H32N6O.HI/c1-18-10-12-29(13-11-18)22-9-8-19(15-26-22)16-27-24(25-2)28-20-14-23(31)30(17-20)21-6-4-3-5-7-21;/h3-9,15,18,20H,10-14,16-17H2,1-2H3,(H2,25,27,28);1H. The zero-order valence-electron chi connectivity index (χ0n) is 18.8. The van der Waals surface area contributed by atoms with E-state index in [4.69, 9.17) is 0 Å². The molecule has 0 radical (unpaired) electrons. The minimum Gasteiger partial charge on any atom is -0.357 e. The van der Waals surface area contributed by atoms with Crippen molar-refractivity contribution < 1.29 is 4.79 Å². The molecule has 4 rings (SSSR count). The maximum absolute atomic E-state index is 12.4. The first-order valence-electron chi connectivity index (χ1n) is 11.1. The number of anilines is 2. The lowest BCUT2D eigenvalue weighted by Gasteiger charge is -2.31. The van der Waals surface area contributed by atoms with Gasteiger partial charge >= 0.3 is 0 Å². The van der Waals surface area contributed by atoms with Crippen LogP contribution in [-0.2, 0) is 11.3 Å². The van der Waals surface area contributed by atoms with E-state index in [9.17, 15) is 4.79 Å². The predicted octanol–water partition coefficient (Wildman–Crippen LogP) is 3.41. The quantitative estimate of drug-likeness (QED) is 0.341. The first-order chi connectivity index (χ1) is 15.1. The molecular formula is C24H33IN6O. The smallest absolute Gasteiger partial charge is 0.229 e. The first kappa shape index (κ1) is 24.3. The summed E-state index contributed by atoms with van der Waals surface area (Å²) in [5.41, 5.74) is 2.04. The molecule has 2 N–H and O–H groups in total. The SMILES string of the molecule is CN=C(NCc1ccc(N2CCC(C)CC2)nc1)NC1CC(=O)N(c2ccccc2)C1.I. The Morgan fingerprint density at radius 3 is 2.56 bits per heavy atom. The van der Waals surface area contributed by atoms with Gasteiger partial charge in [-0.25, -0.2) is 4.98 Å². The summed E-state index contributed by atoms with van der Waals surface area (Å²) in [5.74, 6) is 2.70. The van der Waals surface area contributed by atoms with Crippen LogP contribution in [0.2, 0.25) is 0 Å². The van der Waals surface area contributed by atoms with Crippen molar-refractivity contribution in [1.82, 2.24) is 15.6 Å². The molecule has 2 fully saturated rings. The Morgan fingerprint density at radius 1 is 1.16 bits per heavy atom. The van der Waals surface area contributed by atoms with Crippen LogP contribution in [0, 0.1) is 5.92 Å². The van der Waals surface area contributed by atoms with Crippen LogP contribution < -0.4 is 20.4 Å². The van der Waals surface area contributed by atoms with Crippen molar-refractivity contribution >= 4 is 47.3 Å². The average molecular weight is 548 g/mol. The van der Waals surface area contributed by atoms with Gasteiger partial charge in [0.05, 0.1) is 6.04 Å². The molecule has 172 valence electrons. The van der Waals surface area contributed by atoms with E-state index in [-0.39, 0.29) is 35.9 Å². The van der Waals surface area contributed by atoms with Crippen molar-refractivity contribution in [2.45, 2.75) is 38.8 Å². The van der Waals surface area contributed by atoms with E-state index in [1.807, 2.05) is 41.4 Å². The number of aromatic nitrogens is 1. The topological polar surface area (TPSA) is 72.9 Å². The van der Waals surface area contributed by atoms with E-state index in [2.05, 4.69) is 44.6 Å². The molecule has 2 aromatic rings. The number of guanidine groups is 1. The van der Waals surface area contributed by atoms with Gasteiger partial charge in [-0.15, -0.1) is 24.0 Å². The Bertz CT molecular complexity index is 896. The molecule has 2 saturated heterocycles. The van der Waals surface area contributed by atoms with Gasteiger partial charge in [-0.05, 0) is 42.5 Å². The number of nitrogens with zero attached hydrogens (tertiary/aromatic N) is 4. The van der Waals surface area contributed by atoms with Crippen LogP contribution in [0.4, 0.5) is 11.5 Å². The number of piperidine rings is 1. The van der Waals surface area contributed by atoms with Gasteiger partial charge in [0.1, 0.15) is 5.82 Å². The van der Waals surface area contributed by atoms with E-state index < -0.39 is 0 Å². The molecule has 3 heterocycles. The molecule has 1 atom stereocenters. The van der Waals surface area contributed by atoms with Crippen LogP contribution in [0.25, 0.3) is 0 Å².